The molecule has 0 aliphatic rings. The molecule has 0 heterocycles. The fourth-order valence-electron chi connectivity index (χ4n) is 2.44. The third kappa shape index (κ3) is 3.40. The molecule has 0 aliphatic heterocycles. The third-order valence-electron chi connectivity index (χ3n) is 3.50. The monoisotopic (exact) mass is 293 g/mol. The van der Waals surface area contributed by atoms with Crippen molar-refractivity contribution in [3.8, 4) is 5.75 Å². The standard InChI is InChI=1S/C18H17NO.C2H6/c1-13-6-2-3-11-17(13)20-12-15-9-4-7-14-8-5-10-16(19)18(14)15;1-2/h2-11H,12,19H2,1H3;1-2H3. The van der Waals surface area contributed by atoms with Crippen LogP contribution in [0.5, 0.6) is 5.75 Å². The number of nitrogen functional groups attached to an aromatic ring is 1. The highest BCUT2D eigenvalue weighted by atomic mass is 16.5. The molecule has 22 heavy (non-hydrogen) atoms. The van der Waals surface area contributed by atoms with Gasteiger partial charge >= 0.3 is 0 Å². The second-order valence-corrected chi connectivity index (χ2v) is 4.92. The quantitative estimate of drug-likeness (QED) is 0.662. The van der Waals surface area contributed by atoms with Crippen molar-refractivity contribution in [2.24, 2.45) is 0 Å². The molecule has 0 saturated heterocycles. The van der Waals surface area contributed by atoms with Gasteiger partial charge in [0, 0.05) is 11.1 Å². The van der Waals surface area contributed by atoms with Crippen LogP contribution in [0.3, 0.4) is 0 Å². The molecular formula is C20H23NO. The summed E-state index contributed by atoms with van der Waals surface area (Å²) < 4.78 is 5.93. The summed E-state index contributed by atoms with van der Waals surface area (Å²) in [7, 11) is 0. The predicted octanol–water partition coefficient (Wildman–Crippen LogP) is 5.34. The smallest absolute Gasteiger partial charge is 0.122 e. The number of nitrogens with two attached hydrogens (primary N) is 1. The molecule has 3 aromatic rings. The van der Waals surface area contributed by atoms with Crippen molar-refractivity contribution in [1.82, 2.24) is 0 Å². The Morgan fingerprint density at radius 1 is 0.864 bits per heavy atom. The lowest BCUT2D eigenvalue weighted by Gasteiger charge is -2.12. The van der Waals surface area contributed by atoms with E-state index in [-0.39, 0.29) is 0 Å². The number of hydrogen-bond donors (Lipinski definition) is 1. The molecule has 0 atom stereocenters. The van der Waals surface area contributed by atoms with E-state index >= 15 is 0 Å². The Balaban J connectivity index is 0.000000847. The topological polar surface area (TPSA) is 35.2 Å². The van der Waals surface area contributed by atoms with Crippen LogP contribution in [0, 0.1) is 6.92 Å². The Morgan fingerprint density at radius 3 is 2.27 bits per heavy atom. The minimum Gasteiger partial charge on any atom is -0.489 e. The zero-order valence-electron chi connectivity index (χ0n) is 13.5. The van der Waals surface area contributed by atoms with Gasteiger partial charge in [-0.15, -0.1) is 0 Å². The maximum atomic E-state index is 6.10. The van der Waals surface area contributed by atoms with E-state index < -0.39 is 0 Å². The minimum atomic E-state index is 0.524. The van der Waals surface area contributed by atoms with Crippen LogP contribution in [0.4, 0.5) is 5.69 Å². The molecule has 0 aromatic heterocycles. The molecule has 2 nitrogen and oxygen atoms in total. The van der Waals surface area contributed by atoms with Gasteiger partial charge in [-0.1, -0.05) is 62.4 Å². The van der Waals surface area contributed by atoms with Crippen LogP contribution in [0.1, 0.15) is 25.0 Å². The largest absolute Gasteiger partial charge is 0.489 e. The lowest BCUT2D eigenvalue weighted by Crippen LogP contribution is -1.99. The summed E-state index contributed by atoms with van der Waals surface area (Å²) in [5.41, 5.74) is 9.15. The highest BCUT2D eigenvalue weighted by molar-refractivity contribution is 5.95. The van der Waals surface area contributed by atoms with Crippen molar-refractivity contribution in [3.05, 3.63) is 71.8 Å². The maximum absolute atomic E-state index is 6.10. The highest BCUT2D eigenvalue weighted by Crippen LogP contribution is 2.26. The molecule has 2 N–H and O–H groups in total. The van der Waals surface area contributed by atoms with Crippen molar-refractivity contribution in [2.45, 2.75) is 27.4 Å². The Labute approximate surface area is 132 Å². The van der Waals surface area contributed by atoms with Crippen molar-refractivity contribution in [2.75, 3.05) is 5.73 Å². The van der Waals surface area contributed by atoms with Gasteiger partial charge in [-0.05, 0) is 35.6 Å². The van der Waals surface area contributed by atoms with E-state index in [0.717, 1.165) is 33.3 Å². The van der Waals surface area contributed by atoms with Gasteiger partial charge in [0.05, 0.1) is 0 Å². The first kappa shape index (κ1) is 15.9. The normalized spacial score (nSPS) is 9.95. The number of aryl methyl sites for hydroxylation is 1. The summed E-state index contributed by atoms with van der Waals surface area (Å²) in [5, 5.41) is 2.24. The molecule has 2 heteroatoms. The molecule has 114 valence electrons. The van der Waals surface area contributed by atoms with Crippen molar-refractivity contribution in [3.63, 3.8) is 0 Å². The average Bonchev–Trinajstić information content (AvgIpc) is 2.56. The number of fused-ring (bicyclic) bond motifs is 1. The van der Waals surface area contributed by atoms with E-state index in [1.54, 1.807) is 0 Å². The minimum absolute atomic E-state index is 0.524. The number of anilines is 1. The van der Waals surface area contributed by atoms with Gasteiger partial charge in [-0.25, -0.2) is 0 Å². The number of para-hydroxylation sites is 1. The molecule has 0 radical (unpaired) electrons. The van der Waals surface area contributed by atoms with E-state index in [9.17, 15) is 0 Å². The number of hydrogen-bond acceptors (Lipinski definition) is 2. The van der Waals surface area contributed by atoms with Crippen LogP contribution in [0.15, 0.2) is 60.7 Å². The van der Waals surface area contributed by atoms with Gasteiger partial charge in [0.15, 0.2) is 0 Å². The van der Waals surface area contributed by atoms with Crippen LogP contribution in [0.25, 0.3) is 10.8 Å². The van der Waals surface area contributed by atoms with Gasteiger partial charge in [-0.2, -0.15) is 0 Å². The van der Waals surface area contributed by atoms with Crippen molar-refractivity contribution < 1.29 is 4.74 Å². The maximum Gasteiger partial charge on any atom is 0.122 e. The molecule has 3 aromatic carbocycles. The Kier molecular flexibility index (Phi) is 5.42. The summed E-state index contributed by atoms with van der Waals surface area (Å²) in [6, 6.07) is 20.2. The summed E-state index contributed by atoms with van der Waals surface area (Å²) in [6.45, 7) is 6.57. The lowest BCUT2D eigenvalue weighted by molar-refractivity contribution is 0.305. The average molecular weight is 293 g/mol. The first-order valence-electron chi connectivity index (χ1n) is 7.70. The molecule has 0 saturated carbocycles. The van der Waals surface area contributed by atoms with Crippen molar-refractivity contribution >= 4 is 16.5 Å². The molecule has 0 unspecified atom stereocenters. The first-order chi connectivity index (χ1) is 10.8. The lowest BCUT2D eigenvalue weighted by atomic mass is 10.0. The second kappa shape index (κ2) is 7.51. The summed E-state index contributed by atoms with van der Waals surface area (Å²) in [4.78, 5) is 0. The zero-order chi connectivity index (χ0) is 15.9. The second-order valence-electron chi connectivity index (χ2n) is 4.92. The number of benzene rings is 3. The number of rotatable bonds is 3. The Morgan fingerprint density at radius 2 is 1.55 bits per heavy atom. The third-order valence-corrected chi connectivity index (χ3v) is 3.50. The summed E-state index contributed by atoms with van der Waals surface area (Å²) in [6.07, 6.45) is 0. The van der Waals surface area contributed by atoms with Crippen LogP contribution in [-0.4, -0.2) is 0 Å². The van der Waals surface area contributed by atoms with Gasteiger partial charge < -0.3 is 10.5 Å². The molecule has 3 rings (SSSR count). The van der Waals surface area contributed by atoms with E-state index in [0.29, 0.717) is 6.61 Å². The highest BCUT2D eigenvalue weighted by Gasteiger charge is 2.05. The van der Waals surface area contributed by atoms with E-state index in [1.807, 2.05) is 63.2 Å². The summed E-state index contributed by atoms with van der Waals surface area (Å²) in [5.74, 6) is 0.916. The van der Waals surface area contributed by atoms with Crippen LogP contribution >= 0.6 is 0 Å². The molecular weight excluding hydrogens is 270 g/mol. The van der Waals surface area contributed by atoms with E-state index in [2.05, 4.69) is 18.2 Å². The van der Waals surface area contributed by atoms with Crippen LogP contribution in [-0.2, 0) is 6.61 Å². The van der Waals surface area contributed by atoms with Crippen molar-refractivity contribution in [1.29, 1.82) is 0 Å². The number of ether oxygens (including phenoxy) is 1. The van der Waals surface area contributed by atoms with Crippen LogP contribution < -0.4 is 10.5 Å². The van der Waals surface area contributed by atoms with Gasteiger partial charge in [-0.3, -0.25) is 0 Å². The first-order valence-corrected chi connectivity index (χ1v) is 7.70. The van der Waals surface area contributed by atoms with E-state index in [1.165, 1.54) is 0 Å². The van der Waals surface area contributed by atoms with Gasteiger partial charge in [0.25, 0.3) is 0 Å². The molecule has 0 amide bonds. The molecule has 0 aliphatic carbocycles. The fraction of sp³-hybridized carbons (Fsp3) is 0.200. The SMILES string of the molecule is CC.Cc1ccccc1OCc1cccc2cccc(N)c12. The van der Waals surface area contributed by atoms with Gasteiger partial charge in [0.1, 0.15) is 12.4 Å². The molecule has 0 spiro atoms. The predicted molar refractivity (Wildman–Crippen MR) is 95.2 cm³/mol. The van der Waals surface area contributed by atoms with E-state index in [4.69, 9.17) is 10.5 Å². The fourth-order valence-corrected chi connectivity index (χ4v) is 2.44. The zero-order valence-corrected chi connectivity index (χ0v) is 13.5. The molecule has 0 fully saturated rings. The van der Waals surface area contributed by atoms with Gasteiger partial charge in [0.2, 0.25) is 0 Å². The molecule has 0 bridgehead atoms. The Bertz CT molecular complexity index is 744. The summed E-state index contributed by atoms with van der Waals surface area (Å²) >= 11 is 0. The van der Waals surface area contributed by atoms with Crippen LogP contribution in [0.2, 0.25) is 0 Å². The Hall–Kier alpha value is -2.48.